The van der Waals surface area contributed by atoms with Crippen LogP contribution in [0.2, 0.25) is 0 Å². The number of hydrogen-bond donors (Lipinski definition) is 1. The fourth-order valence-corrected chi connectivity index (χ4v) is 2.09. The fraction of sp³-hybridized carbons (Fsp3) is 0.200. The van der Waals surface area contributed by atoms with Crippen LogP contribution in [0, 0.1) is 11.6 Å². The predicted molar refractivity (Wildman–Crippen MR) is 80.8 cm³/mol. The lowest BCUT2D eigenvalue weighted by Crippen LogP contribution is -2.07. The van der Waals surface area contributed by atoms with Crippen molar-refractivity contribution >= 4 is 21.6 Å². The summed E-state index contributed by atoms with van der Waals surface area (Å²) < 4.78 is 38.1. The van der Waals surface area contributed by atoms with Crippen molar-refractivity contribution < 1.29 is 18.3 Å². The van der Waals surface area contributed by atoms with E-state index in [1.54, 1.807) is 13.8 Å². The maximum absolute atomic E-state index is 13.7. The zero-order valence-electron chi connectivity index (χ0n) is 11.5. The van der Waals surface area contributed by atoms with Crippen LogP contribution >= 0.6 is 15.9 Å². The molecule has 0 unspecified atom stereocenters. The van der Waals surface area contributed by atoms with Crippen LogP contribution in [0.5, 0.6) is 17.2 Å². The smallest absolute Gasteiger partial charge is 0.167 e. The highest BCUT2D eigenvalue weighted by Gasteiger charge is 2.13. The molecule has 3 nitrogen and oxygen atoms in total. The molecule has 2 rings (SSSR count). The number of ether oxygens (including phenoxy) is 2. The predicted octanol–water partition coefficient (Wildman–Crippen LogP) is 4.89. The van der Waals surface area contributed by atoms with Gasteiger partial charge in [-0.1, -0.05) is 0 Å². The molecule has 0 bridgehead atoms. The highest BCUT2D eigenvalue weighted by atomic mass is 79.9. The normalized spacial score (nSPS) is 10.8. The lowest BCUT2D eigenvalue weighted by molar-refractivity contribution is 0.230. The molecule has 0 aliphatic rings. The van der Waals surface area contributed by atoms with Crippen molar-refractivity contribution in [1.82, 2.24) is 0 Å². The minimum atomic E-state index is -0.563. The van der Waals surface area contributed by atoms with Crippen molar-refractivity contribution in [3.63, 3.8) is 0 Å². The van der Waals surface area contributed by atoms with Crippen molar-refractivity contribution in [1.29, 1.82) is 0 Å². The summed E-state index contributed by atoms with van der Waals surface area (Å²) in [6.45, 7) is 3.57. The molecule has 0 atom stereocenters. The third kappa shape index (κ3) is 3.85. The second-order valence-electron chi connectivity index (χ2n) is 4.66. The van der Waals surface area contributed by atoms with Crippen molar-refractivity contribution in [2.24, 2.45) is 0 Å². The van der Waals surface area contributed by atoms with Gasteiger partial charge in [0.25, 0.3) is 0 Å². The van der Waals surface area contributed by atoms with Crippen molar-refractivity contribution in [2.45, 2.75) is 20.0 Å². The van der Waals surface area contributed by atoms with E-state index in [0.29, 0.717) is 10.2 Å². The first-order valence-corrected chi connectivity index (χ1v) is 7.04. The monoisotopic (exact) mass is 357 g/mol. The quantitative estimate of drug-likeness (QED) is 0.792. The van der Waals surface area contributed by atoms with E-state index in [-0.39, 0.29) is 23.3 Å². The number of nitrogen functional groups attached to an aromatic ring is 1. The average Bonchev–Trinajstić information content (AvgIpc) is 2.37. The van der Waals surface area contributed by atoms with E-state index in [2.05, 4.69) is 15.9 Å². The summed E-state index contributed by atoms with van der Waals surface area (Å²) in [5.74, 6) is -0.311. The molecule has 0 saturated carbocycles. The molecular formula is C15H14BrF2NO2. The van der Waals surface area contributed by atoms with Crippen LogP contribution in [-0.4, -0.2) is 6.10 Å². The molecule has 2 N–H and O–H groups in total. The van der Waals surface area contributed by atoms with Crippen molar-refractivity contribution in [3.05, 3.63) is 46.4 Å². The Hall–Kier alpha value is -1.82. The molecular weight excluding hydrogens is 344 g/mol. The zero-order chi connectivity index (χ0) is 15.6. The molecule has 0 aliphatic heterocycles. The van der Waals surface area contributed by atoms with Gasteiger partial charge in [-0.3, -0.25) is 0 Å². The topological polar surface area (TPSA) is 44.5 Å². The number of halogens is 3. The third-order valence-corrected chi connectivity index (χ3v) is 3.16. The van der Waals surface area contributed by atoms with Gasteiger partial charge in [0, 0.05) is 12.1 Å². The second kappa shape index (κ2) is 6.30. The molecule has 0 saturated heterocycles. The first kappa shape index (κ1) is 15.6. The largest absolute Gasteiger partial charge is 0.488 e. The maximum Gasteiger partial charge on any atom is 0.167 e. The minimum Gasteiger partial charge on any atom is -0.488 e. The summed E-state index contributed by atoms with van der Waals surface area (Å²) in [5, 5.41) is 0. The minimum absolute atomic E-state index is 0.0486. The van der Waals surface area contributed by atoms with Gasteiger partial charge < -0.3 is 15.2 Å². The first-order chi connectivity index (χ1) is 9.86. The van der Waals surface area contributed by atoms with Crippen LogP contribution in [-0.2, 0) is 0 Å². The van der Waals surface area contributed by atoms with Gasteiger partial charge in [-0.2, -0.15) is 0 Å². The van der Waals surface area contributed by atoms with Crippen molar-refractivity contribution in [3.8, 4) is 17.2 Å². The lowest BCUT2D eigenvalue weighted by Gasteiger charge is -2.15. The Morgan fingerprint density at radius 1 is 1.05 bits per heavy atom. The van der Waals surface area contributed by atoms with Crippen LogP contribution in [0.15, 0.2) is 34.8 Å². The van der Waals surface area contributed by atoms with E-state index in [9.17, 15) is 8.78 Å². The Kier molecular flexibility index (Phi) is 4.67. The second-order valence-corrected chi connectivity index (χ2v) is 5.52. The molecule has 2 aromatic carbocycles. The van der Waals surface area contributed by atoms with E-state index in [0.717, 1.165) is 6.07 Å². The highest BCUT2D eigenvalue weighted by Crippen LogP contribution is 2.36. The number of benzene rings is 2. The van der Waals surface area contributed by atoms with Gasteiger partial charge in [0.2, 0.25) is 0 Å². The van der Waals surface area contributed by atoms with E-state index < -0.39 is 11.6 Å². The van der Waals surface area contributed by atoms with Gasteiger partial charge in [0.05, 0.1) is 16.3 Å². The van der Waals surface area contributed by atoms with E-state index >= 15 is 0 Å². The molecule has 6 heteroatoms. The van der Waals surface area contributed by atoms with Gasteiger partial charge in [-0.25, -0.2) is 8.78 Å². The van der Waals surface area contributed by atoms with Gasteiger partial charge in [-0.15, -0.1) is 0 Å². The Labute approximate surface area is 129 Å². The van der Waals surface area contributed by atoms with Crippen LogP contribution in [0.3, 0.4) is 0 Å². The SMILES string of the molecule is CC(C)Oc1cc(Oc2ccc(F)cc2Br)c(N)cc1F. The van der Waals surface area contributed by atoms with Crippen LogP contribution < -0.4 is 15.2 Å². The first-order valence-electron chi connectivity index (χ1n) is 6.25. The van der Waals surface area contributed by atoms with Crippen LogP contribution in [0.4, 0.5) is 14.5 Å². The summed E-state index contributed by atoms with van der Waals surface area (Å²) in [5.41, 5.74) is 5.86. The van der Waals surface area contributed by atoms with Crippen molar-refractivity contribution in [2.75, 3.05) is 5.73 Å². The summed E-state index contributed by atoms with van der Waals surface area (Å²) >= 11 is 3.19. The molecule has 0 amide bonds. The molecule has 0 aromatic heterocycles. The Bertz CT molecular complexity index is 662. The summed E-state index contributed by atoms with van der Waals surface area (Å²) in [4.78, 5) is 0. The molecule has 2 aromatic rings. The van der Waals surface area contributed by atoms with Gasteiger partial charge in [0.15, 0.2) is 17.3 Å². The van der Waals surface area contributed by atoms with E-state index in [1.165, 1.54) is 24.3 Å². The number of rotatable bonds is 4. The Morgan fingerprint density at radius 3 is 2.38 bits per heavy atom. The maximum atomic E-state index is 13.7. The molecule has 0 heterocycles. The summed E-state index contributed by atoms with van der Waals surface area (Å²) in [6.07, 6.45) is -0.187. The van der Waals surface area contributed by atoms with E-state index in [4.69, 9.17) is 15.2 Å². The standard InChI is InChI=1S/C15H14BrF2NO2/c1-8(2)20-14-7-15(12(19)6-11(14)18)21-13-4-3-9(17)5-10(13)16/h3-8H,19H2,1-2H3. The molecule has 21 heavy (non-hydrogen) atoms. The number of hydrogen-bond acceptors (Lipinski definition) is 3. The van der Waals surface area contributed by atoms with Gasteiger partial charge >= 0.3 is 0 Å². The lowest BCUT2D eigenvalue weighted by atomic mass is 10.2. The van der Waals surface area contributed by atoms with Gasteiger partial charge in [-0.05, 0) is 48.0 Å². The molecule has 0 radical (unpaired) electrons. The van der Waals surface area contributed by atoms with Gasteiger partial charge in [0.1, 0.15) is 11.6 Å². The molecule has 112 valence electrons. The van der Waals surface area contributed by atoms with E-state index in [1.807, 2.05) is 0 Å². The molecule has 0 fully saturated rings. The zero-order valence-corrected chi connectivity index (χ0v) is 13.1. The molecule has 0 spiro atoms. The number of nitrogens with two attached hydrogens (primary N) is 1. The Morgan fingerprint density at radius 2 is 1.76 bits per heavy atom. The molecule has 0 aliphatic carbocycles. The average molecular weight is 358 g/mol. The third-order valence-electron chi connectivity index (χ3n) is 2.54. The van der Waals surface area contributed by atoms with Crippen LogP contribution in [0.1, 0.15) is 13.8 Å². The fourth-order valence-electron chi connectivity index (χ4n) is 1.66. The number of anilines is 1. The van der Waals surface area contributed by atoms with Crippen LogP contribution in [0.25, 0.3) is 0 Å². The summed E-state index contributed by atoms with van der Waals surface area (Å²) in [7, 11) is 0. The Balaban J connectivity index is 2.34. The highest BCUT2D eigenvalue weighted by molar-refractivity contribution is 9.10. The summed E-state index contributed by atoms with van der Waals surface area (Å²) in [6, 6.07) is 6.47.